The number of nitrogens with two attached hydrogens (primary N) is 1. The largest absolute Gasteiger partial charge is 0.398 e. The molecule has 1 aliphatic heterocycles. The molecule has 1 atom stereocenters. The van der Waals surface area contributed by atoms with Gasteiger partial charge in [-0.25, -0.2) is 8.42 Å². The second-order valence-corrected chi connectivity index (χ2v) is 8.04. The molecular weight excluding hydrogens is 332 g/mol. The van der Waals surface area contributed by atoms with E-state index in [-0.39, 0.29) is 17.4 Å². The Balaban J connectivity index is 2.21. The zero-order valence-electron chi connectivity index (χ0n) is 10.4. The normalized spacial score (nSPS) is 25.2. The number of hydrogen-bond acceptors (Lipinski definition) is 4. The fourth-order valence-electron chi connectivity index (χ4n) is 2.18. The van der Waals surface area contributed by atoms with Gasteiger partial charge in [-0.05, 0) is 41.4 Å². The molecule has 1 saturated heterocycles. The molecule has 2 rings (SSSR count). The van der Waals surface area contributed by atoms with E-state index in [0.717, 1.165) is 0 Å². The summed E-state index contributed by atoms with van der Waals surface area (Å²) in [5.41, 5.74) is 5.89. The number of nitrogen functional groups attached to an aromatic ring is 1. The second-order valence-electron chi connectivity index (χ2n) is 5.07. The lowest BCUT2D eigenvalue weighted by Gasteiger charge is -2.24. The minimum Gasteiger partial charge on any atom is -0.398 e. The van der Waals surface area contributed by atoms with Crippen molar-refractivity contribution in [2.75, 3.05) is 17.2 Å². The second kappa shape index (κ2) is 4.79. The maximum absolute atomic E-state index is 12.2. The van der Waals surface area contributed by atoms with Crippen molar-refractivity contribution in [2.24, 2.45) is 0 Å². The highest BCUT2D eigenvalue weighted by Gasteiger charge is 2.39. The first-order chi connectivity index (χ1) is 8.72. The van der Waals surface area contributed by atoms with Crippen LogP contribution in [0.4, 0.5) is 5.69 Å². The van der Waals surface area contributed by atoms with Gasteiger partial charge in [0.1, 0.15) is 0 Å². The van der Waals surface area contributed by atoms with Crippen LogP contribution in [-0.4, -0.2) is 31.4 Å². The lowest BCUT2D eigenvalue weighted by molar-refractivity contribution is 0.0914. The molecule has 3 N–H and O–H groups in total. The summed E-state index contributed by atoms with van der Waals surface area (Å²) in [6.07, 6.45) is 0.432. The summed E-state index contributed by atoms with van der Waals surface area (Å²) in [5.74, 6) is -0.230. The highest BCUT2D eigenvalue weighted by molar-refractivity contribution is 9.10. The number of halogens is 1. The van der Waals surface area contributed by atoms with E-state index in [4.69, 9.17) is 5.73 Å². The Bertz CT molecular complexity index is 630. The summed E-state index contributed by atoms with van der Waals surface area (Å²) < 4.78 is 23.5. The van der Waals surface area contributed by atoms with Crippen molar-refractivity contribution in [3.8, 4) is 0 Å². The van der Waals surface area contributed by atoms with Crippen LogP contribution in [0.25, 0.3) is 0 Å². The quantitative estimate of drug-likeness (QED) is 0.790. The van der Waals surface area contributed by atoms with Crippen molar-refractivity contribution in [3.05, 3.63) is 28.2 Å². The molecule has 1 aliphatic rings. The van der Waals surface area contributed by atoms with E-state index in [9.17, 15) is 13.2 Å². The van der Waals surface area contributed by atoms with Gasteiger partial charge in [0.05, 0.1) is 27.1 Å². The number of carbonyl (C=O) groups is 1. The summed E-state index contributed by atoms with van der Waals surface area (Å²) in [4.78, 5) is 12.2. The first-order valence-corrected chi connectivity index (χ1v) is 8.41. The molecule has 1 aromatic rings. The van der Waals surface area contributed by atoms with Crippen molar-refractivity contribution in [1.29, 1.82) is 0 Å². The number of rotatable bonds is 2. The van der Waals surface area contributed by atoms with Crippen molar-refractivity contribution in [2.45, 2.75) is 18.9 Å². The van der Waals surface area contributed by atoms with Crippen LogP contribution in [0.15, 0.2) is 22.7 Å². The van der Waals surface area contributed by atoms with Crippen LogP contribution in [0, 0.1) is 0 Å². The highest BCUT2D eigenvalue weighted by atomic mass is 79.9. The molecule has 1 fully saturated rings. The molecule has 5 nitrogen and oxygen atoms in total. The van der Waals surface area contributed by atoms with Crippen molar-refractivity contribution in [1.82, 2.24) is 5.32 Å². The average molecular weight is 347 g/mol. The number of anilines is 1. The third kappa shape index (κ3) is 3.09. The van der Waals surface area contributed by atoms with Gasteiger partial charge >= 0.3 is 0 Å². The van der Waals surface area contributed by atoms with Crippen molar-refractivity contribution < 1.29 is 13.2 Å². The first-order valence-electron chi connectivity index (χ1n) is 5.79. The molecule has 0 spiro atoms. The molecule has 1 amide bonds. The number of amides is 1. The third-order valence-corrected chi connectivity index (χ3v) is 5.98. The molecule has 0 saturated carbocycles. The summed E-state index contributed by atoms with van der Waals surface area (Å²) in [5, 5.41) is 2.79. The molecule has 1 aromatic carbocycles. The van der Waals surface area contributed by atoms with E-state index >= 15 is 0 Å². The summed E-state index contributed by atoms with van der Waals surface area (Å²) in [7, 11) is -3.05. The number of hydrogen-bond donors (Lipinski definition) is 2. The van der Waals surface area contributed by atoms with Crippen LogP contribution in [-0.2, 0) is 9.84 Å². The van der Waals surface area contributed by atoms with Crippen LogP contribution in [0.5, 0.6) is 0 Å². The molecule has 0 bridgehead atoms. The standard InChI is InChI=1S/C12H15BrN2O3S/c1-12(5-6-19(17,18)7-12)15-11(16)8-3-2-4-9(14)10(8)13/h2-4H,5-7,14H2,1H3,(H,15,16). The third-order valence-electron chi connectivity index (χ3n) is 3.19. The van der Waals surface area contributed by atoms with E-state index in [0.29, 0.717) is 22.1 Å². The Morgan fingerprint density at radius 3 is 2.74 bits per heavy atom. The van der Waals surface area contributed by atoms with Gasteiger partial charge in [-0.3, -0.25) is 4.79 Å². The number of sulfone groups is 1. The van der Waals surface area contributed by atoms with Gasteiger partial charge in [0, 0.05) is 5.69 Å². The SMILES string of the molecule is CC1(NC(=O)c2cccc(N)c2Br)CCS(=O)(=O)C1. The van der Waals surface area contributed by atoms with Gasteiger partial charge in [-0.1, -0.05) is 6.07 Å². The molecule has 0 aliphatic carbocycles. The predicted molar refractivity (Wildman–Crippen MR) is 77.7 cm³/mol. The van der Waals surface area contributed by atoms with E-state index in [2.05, 4.69) is 21.2 Å². The van der Waals surface area contributed by atoms with Gasteiger partial charge in [0.25, 0.3) is 5.91 Å². The van der Waals surface area contributed by atoms with E-state index in [1.54, 1.807) is 25.1 Å². The fraction of sp³-hybridized carbons (Fsp3) is 0.417. The summed E-state index contributed by atoms with van der Waals surface area (Å²) in [6, 6.07) is 5.01. The van der Waals surface area contributed by atoms with E-state index in [1.807, 2.05) is 0 Å². The molecule has 19 heavy (non-hydrogen) atoms. The van der Waals surface area contributed by atoms with E-state index in [1.165, 1.54) is 0 Å². The Labute approximate surface area is 120 Å². The molecule has 1 unspecified atom stereocenters. The predicted octanol–water partition coefficient (Wildman–Crippen LogP) is 1.34. The minimum absolute atomic E-state index is 0.0221. The van der Waals surface area contributed by atoms with Crippen LogP contribution in [0.1, 0.15) is 23.7 Å². The number of nitrogens with one attached hydrogen (secondary N) is 1. The number of carbonyl (C=O) groups excluding carboxylic acids is 1. The van der Waals surface area contributed by atoms with Crippen LogP contribution in [0.2, 0.25) is 0 Å². The van der Waals surface area contributed by atoms with Crippen LogP contribution in [0.3, 0.4) is 0 Å². The average Bonchev–Trinajstić information content (AvgIpc) is 2.56. The van der Waals surface area contributed by atoms with Crippen LogP contribution >= 0.6 is 15.9 Å². The molecule has 0 aromatic heterocycles. The maximum atomic E-state index is 12.2. The van der Waals surface area contributed by atoms with Gasteiger partial charge in [-0.15, -0.1) is 0 Å². The Kier molecular flexibility index (Phi) is 3.61. The lowest BCUT2D eigenvalue weighted by Crippen LogP contribution is -2.47. The Hall–Kier alpha value is -1.08. The van der Waals surface area contributed by atoms with Crippen molar-refractivity contribution in [3.63, 3.8) is 0 Å². The van der Waals surface area contributed by atoms with Gasteiger partial charge in [-0.2, -0.15) is 0 Å². The van der Waals surface area contributed by atoms with Gasteiger partial charge in [0.15, 0.2) is 9.84 Å². The molecule has 104 valence electrons. The minimum atomic E-state index is -3.05. The molecular formula is C12H15BrN2O3S. The summed E-state index contributed by atoms with van der Waals surface area (Å²) in [6.45, 7) is 1.75. The van der Waals surface area contributed by atoms with Crippen LogP contribution < -0.4 is 11.1 Å². The Morgan fingerprint density at radius 2 is 2.16 bits per heavy atom. The van der Waals surface area contributed by atoms with Crippen molar-refractivity contribution >= 4 is 37.4 Å². The number of benzene rings is 1. The molecule has 7 heteroatoms. The van der Waals surface area contributed by atoms with Gasteiger partial charge in [0.2, 0.25) is 0 Å². The monoisotopic (exact) mass is 346 g/mol. The molecule has 0 radical (unpaired) electrons. The van der Waals surface area contributed by atoms with E-state index < -0.39 is 15.4 Å². The zero-order chi connectivity index (χ0) is 14.3. The topological polar surface area (TPSA) is 89.3 Å². The zero-order valence-corrected chi connectivity index (χ0v) is 12.8. The lowest BCUT2D eigenvalue weighted by atomic mass is 10.0. The smallest absolute Gasteiger partial charge is 0.252 e. The van der Waals surface area contributed by atoms with Gasteiger partial charge < -0.3 is 11.1 Å². The first kappa shape index (κ1) is 14.3. The maximum Gasteiger partial charge on any atom is 0.252 e. The summed E-state index contributed by atoms with van der Waals surface area (Å²) >= 11 is 3.27. The Morgan fingerprint density at radius 1 is 1.47 bits per heavy atom. The highest BCUT2D eigenvalue weighted by Crippen LogP contribution is 2.27. The fourth-order valence-corrected chi connectivity index (χ4v) is 4.71. The molecule has 1 heterocycles.